The van der Waals surface area contributed by atoms with Crippen molar-refractivity contribution in [2.24, 2.45) is 0 Å². The first-order valence-electron chi connectivity index (χ1n) is 7.65. The summed E-state index contributed by atoms with van der Waals surface area (Å²) in [6.07, 6.45) is -3.09. The molecule has 7 heteroatoms. The first-order chi connectivity index (χ1) is 12.0. The van der Waals surface area contributed by atoms with Crippen LogP contribution in [0.1, 0.15) is 17.2 Å². The Morgan fingerprint density at radius 1 is 1.20 bits per heavy atom. The van der Waals surface area contributed by atoms with Crippen LogP contribution in [0.4, 0.5) is 4.79 Å². The summed E-state index contributed by atoms with van der Waals surface area (Å²) in [5.74, 6) is 0.438. The van der Waals surface area contributed by atoms with Crippen LogP contribution >= 0.6 is 15.9 Å². The van der Waals surface area contributed by atoms with Crippen LogP contribution in [0, 0.1) is 0 Å². The number of carbonyl (C=O) groups is 1. The zero-order valence-electron chi connectivity index (χ0n) is 13.7. The summed E-state index contributed by atoms with van der Waals surface area (Å²) in [5.41, 5.74) is 1.29. The molecule has 0 aliphatic rings. The molecule has 0 spiro atoms. The predicted molar refractivity (Wildman–Crippen MR) is 96.3 cm³/mol. The first-order valence-corrected chi connectivity index (χ1v) is 8.44. The van der Waals surface area contributed by atoms with E-state index < -0.39 is 18.3 Å². The molecule has 2 aromatic rings. The van der Waals surface area contributed by atoms with E-state index in [1.54, 1.807) is 18.2 Å². The number of hydrogen-bond acceptors (Lipinski definition) is 5. The van der Waals surface area contributed by atoms with Gasteiger partial charge in [-0.15, -0.1) is 0 Å². The molecule has 2 rings (SSSR count). The van der Waals surface area contributed by atoms with Gasteiger partial charge in [0.05, 0.1) is 7.11 Å². The monoisotopic (exact) mass is 409 g/mol. The largest absolute Gasteiger partial charge is 0.496 e. The number of nitrogens with one attached hydrogen (secondary N) is 1. The van der Waals surface area contributed by atoms with Gasteiger partial charge in [-0.05, 0) is 17.7 Å². The summed E-state index contributed by atoms with van der Waals surface area (Å²) in [6.45, 7) is -0.0279. The number of carbonyl (C=O) groups excluding carboxylic acids is 1. The van der Waals surface area contributed by atoms with Crippen molar-refractivity contribution >= 4 is 22.0 Å². The van der Waals surface area contributed by atoms with E-state index in [-0.39, 0.29) is 13.2 Å². The maximum Gasteiger partial charge on any atom is 0.407 e. The summed E-state index contributed by atoms with van der Waals surface area (Å²) >= 11 is 3.31. The van der Waals surface area contributed by atoms with Gasteiger partial charge < -0.3 is 25.0 Å². The number of rotatable bonds is 7. The van der Waals surface area contributed by atoms with Crippen LogP contribution in [0.2, 0.25) is 0 Å². The lowest BCUT2D eigenvalue weighted by atomic mass is 10.0. The van der Waals surface area contributed by atoms with E-state index in [2.05, 4.69) is 21.2 Å². The third kappa shape index (κ3) is 5.74. The Bertz CT molecular complexity index is 695. The number of ether oxygens (including phenoxy) is 2. The van der Waals surface area contributed by atoms with Gasteiger partial charge in [-0.1, -0.05) is 52.3 Å². The summed E-state index contributed by atoms with van der Waals surface area (Å²) in [6, 6.07) is 14.3. The van der Waals surface area contributed by atoms with Gasteiger partial charge in [0.15, 0.2) is 0 Å². The van der Waals surface area contributed by atoms with Gasteiger partial charge in [-0.3, -0.25) is 0 Å². The quantitative estimate of drug-likeness (QED) is 0.654. The summed E-state index contributed by atoms with van der Waals surface area (Å²) in [7, 11) is 1.48. The zero-order valence-corrected chi connectivity index (χ0v) is 15.3. The maximum absolute atomic E-state index is 11.7. The lowest BCUT2D eigenvalue weighted by Crippen LogP contribution is -2.35. The van der Waals surface area contributed by atoms with Gasteiger partial charge >= 0.3 is 6.09 Å². The standard InChI is InChI=1S/C18H20BrNO5/c1-24-16-9-13(19)7-8-14(16)17(22)15(21)10-20-18(23)25-11-12-5-3-2-4-6-12/h2-9,15,17,21-22H,10-11H2,1H3,(H,20,23). The Labute approximate surface area is 154 Å². The number of hydrogen-bond donors (Lipinski definition) is 3. The number of alkyl carbamates (subject to hydrolysis) is 1. The van der Waals surface area contributed by atoms with E-state index in [1.807, 2.05) is 30.3 Å². The Morgan fingerprint density at radius 2 is 1.92 bits per heavy atom. The topological polar surface area (TPSA) is 88.0 Å². The van der Waals surface area contributed by atoms with E-state index in [4.69, 9.17) is 9.47 Å². The van der Waals surface area contributed by atoms with Crippen molar-refractivity contribution in [3.05, 3.63) is 64.1 Å². The van der Waals surface area contributed by atoms with E-state index in [1.165, 1.54) is 7.11 Å². The molecule has 0 saturated heterocycles. The minimum atomic E-state index is -1.21. The Morgan fingerprint density at radius 3 is 2.60 bits per heavy atom. The Kier molecular flexibility index (Phi) is 7.24. The van der Waals surface area contributed by atoms with Crippen LogP contribution in [-0.4, -0.2) is 36.1 Å². The van der Waals surface area contributed by atoms with Crippen LogP contribution < -0.4 is 10.1 Å². The molecule has 0 aromatic heterocycles. The summed E-state index contributed by atoms with van der Waals surface area (Å²) in [4.78, 5) is 11.7. The molecule has 1 amide bonds. The lowest BCUT2D eigenvalue weighted by molar-refractivity contribution is 0.0171. The highest BCUT2D eigenvalue weighted by molar-refractivity contribution is 9.10. The second-order valence-corrected chi connectivity index (χ2v) is 6.26. The predicted octanol–water partition coefficient (Wildman–Crippen LogP) is 2.78. The molecule has 0 radical (unpaired) electrons. The molecule has 0 bridgehead atoms. The number of benzene rings is 2. The molecule has 0 saturated carbocycles. The van der Waals surface area contributed by atoms with Crippen molar-refractivity contribution in [1.82, 2.24) is 5.32 Å². The number of methoxy groups -OCH3 is 1. The van der Waals surface area contributed by atoms with E-state index >= 15 is 0 Å². The molecule has 6 nitrogen and oxygen atoms in total. The van der Waals surface area contributed by atoms with Crippen LogP contribution in [0.15, 0.2) is 53.0 Å². The lowest BCUT2D eigenvalue weighted by Gasteiger charge is -2.20. The molecule has 2 atom stereocenters. The van der Waals surface area contributed by atoms with Gasteiger partial charge in [-0.25, -0.2) is 4.79 Å². The number of halogens is 1. The maximum atomic E-state index is 11.7. The van der Waals surface area contributed by atoms with Crippen molar-refractivity contribution in [3.63, 3.8) is 0 Å². The summed E-state index contributed by atoms with van der Waals surface area (Å²) < 4.78 is 11.0. The molecule has 3 N–H and O–H groups in total. The smallest absolute Gasteiger partial charge is 0.407 e. The fourth-order valence-corrected chi connectivity index (χ4v) is 2.55. The van der Waals surface area contributed by atoms with Crippen LogP contribution in [0.5, 0.6) is 5.75 Å². The average molecular weight is 410 g/mol. The van der Waals surface area contributed by atoms with Crippen molar-refractivity contribution in [2.75, 3.05) is 13.7 Å². The van der Waals surface area contributed by atoms with Gasteiger partial charge in [-0.2, -0.15) is 0 Å². The zero-order chi connectivity index (χ0) is 18.2. The minimum Gasteiger partial charge on any atom is -0.496 e. The molecule has 134 valence electrons. The molecule has 25 heavy (non-hydrogen) atoms. The fraction of sp³-hybridized carbons (Fsp3) is 0.278. The third-order valence-electron chi connectivity index (χ3n) is 3.55. The number of amides is 1. The number of aliphatic hydroxyl groups is 2. The summed E-state index contributed by atoms with van der Waals surface area (Å²) in [5, 5.41) is 22.8. The van der Waals surface area contributed by atoms with Crippen LogP contribution in [0.3, 0.4) is 0 Å². The van der Waals surface area contributed by atoms with Crippen LogP contribution in [0.25, 0.3) is 0 Å². The highest BCUT2D eigenvalue weighted by Crippen LogP contribution is 2.30. The molecule has 0 aliphatic carbocycles. The van der Waals surface area contributed by atoms with Gasteiger partial charge in [0.25, 0.3) is 0 Å². The van der Waals surface area contributed by atoms with E-state index in [0.29, 0.717) is 11.3 Å². The van der Waals surface area contributed by atoms with Gasteiger partial charge in [0.1, 0.15) is 24.6 Å². The Balaban J connectivity index is 1.84. The average Bonchev–Trinajstić information content (AvgIpc) is 2.64. The Hall–Kier alpha value is -2.09. The fourth-order valence-electron chi connectivity index (χ4n) is 2.21. The van der Waals surface area contributed by atoms with Crippen molar-refractivity contribution in [3.8, 4) is 5.75 Å². The van der Waals surface area contributed by atoms with Crippen molar-refractivity contribution < 1.29 is 24.5 Å². The SMILES string of the molecule is COc1cc(Br)ccc1C(O)C(O)CNC(=O)OCc1ccccc1. The molecule has 0 heterocycles. The molecular formula is C18H20BrNO5. The van der Waals surface area contributed by atoms with E-state index in [9.17, 15) is 15.0 Å². The van der Waals surface area contributed by atoms with Gasteiger partial charge in [0.2, 0.25) is 0 Å². The molecular weight excluding hydrogens is 390 g/mol. The highest BCUT2D eigenvalue weighted by atomic mass is 79.9. The van der Waals surface area contributed by atoms with Crippen molar-refractivity contribution in [2.45, 2.75) is 18.8 Å². The molecule has 0 aliphatic heterocycles. The first kappa shape index (κ1) is 19.2. The van der Waals surface area contributed by atoms with E-state index in [0.717, 1.165) is 10.0 Å². The second kappa shape index (κ2) is 9.41. The molecule has 2 aromatic carbocycles. The number of aliphatic hydroxyl groups excluding tert-OH is 2. The van der Waals surface area contributed by atoms with Crippen LogP contribution in [-0.2, 0) is 11.3 Å². The normalized spacial score (nSPS) is 13.0. The van der Waals surface area contributed by atoms with Gasteiger partial charge in [0, 0.05) is 16.6 Å². The second-order valence-electron chi connectivity index (χ2n) is 5.34. The van der Waals surface area contributed by atoms with Crippen molar-refractivity contribution in [1.29, 1.82) is 0 Å². The molecule has 2 unspecified atom stereocenters. The third-order valence-corrected chi connectivity index (χ3v) is 4.04. The highest BCUT2D eigenvalue weighted by Gasteiger charge is 2.22. The molecule has 0 fully saturated rings. The minimum absolute atomic E-state index is 0.131.